The second kappa shape index (κ2) is 11.2. The first-order valence-corrected chi connectivity index (χ1v) is 15.2. The zero-order valence-corrected chi connectivity index (χ0v) is 24.8. The Hall–Kier alpha value is -3.65. The fourth-order valence-electron chi connectivity index (χ4n) is 7.42. The molecule has 8 heteroatoms. The molecule has 1 saturated carbocycles. The molecule has 2 saturated heterocycles. The summed E-state index contributed by atoms with van der Waals surface area (Å²) >= 11 is 0. The summed E-state index contributed by atoms with van der Waals surface area (Å²) in [6.07, 6.45) is 7.33. The van der Waals surface area contributed by atoms with Gasteiger partial charge in [0, 0.05) is 17.3 Å². The van der Waals surface area contributed by atoms with E-state index in [0.717, 1.165) is 31.2 Å². The van der Waals surface area contributed by atoms with Crippen molar-refractivity contribution in [2.45, 2.75) is 82.7 Å². The lowest BCUT2D eigenvalue weighted by atomic mass is 9.74. The van der Waals surface area contributed by atoms with Crippen LogP contribution < -0.4 is 15.4 Å². The van der Waals surface area contributed by atoms with Crippen LogP contribution >= 0.6 is 0 Å². The molecule has 2 N–H and O–H groups in total. The first-order valence-electron chi connectivity index (χ1n) is 15.2. The summed E-state index contributed by atoms with van der Waals surface area (Å²) in [5, 5.41) is 6.30. The summed E-state index contributed by atoms with van der Waals surface area (Å²) in [6, 6.07) is 14.4. The second-order valence-corrected chi connectivity index (χ2v) is 12.6. The van der Waals surface area contributed by atoms with E-state index in [-0.39, 0.29) is 30.3 Å². The summed E-state index contributed by atoms with van der Waals surface area (Å²) in [5.74, 6) is -0.942. The Labute approximate surface area is 247 Å². The molecule has 0 unspecified atom stereocenters. The van der Waals surface area contributed by atoms with E-state index < -0.39 is 29.6 Å². The number of benzene rings is 2. The van der Waals surface area contributed by atoms with Crippen LogP contribution in [-0.2, 0) is 25.7 Å². The standard InChI is InChI=1S/C34H41N3O5/c1-20(2)22-13-15-24(16-14-22)35-31(38)28-27-17-18-34(42-27)29(28)33(40)37(19-23-10-6-8-12-26(23)41-4)30(34)32(39)36-25-11-7-5-9-21(25)3/h6,8,10,12-18,20-21,25,27-30H,5,7,9,11,19H2,1-4H3,(H,35,38)(H,36,39)/t21-,25-,27-,28-,29-,30+,34+/m1/s1. The number of carbonyl (C=O) groups excluding carboxylic acids is 3. The number of ether oxygens (including phenoxy) is 2. The average molecular weight is 572 g/mol. The smallest absolute Gasteiger partial charge is 0.246 e. The van der Waals surface area contributed by atoms with Gasteiger partial charge in [0.05, 0.1) is 31.6 Å². The van der Waals surface area contributed by atoms with Gasteiger partial charge in [0.25, 0.3) is 0 Å². The number of para-hydroxylation sites is 1. The SMILES string of the molecule is COc1ccccc1CN1C(=O)[C@H]2[C@H](C(=O)Nc3ccc(C(C)C)cc3)[C@H]3C=C[C@@]2(O3)[C@@H]1C(=O)N[C@@H]1CCCC[C@H]1C. The van der Waals surface area contributed by atoms with Crippen molar-refractivity contribution in [3.63, 3.8) is 0 Å². The van der Waals surface area contributed by atoms with Crippen molar-refractivity contribution in [1.29, 1.82) is 0 Å². The van der Waals surface area contributed by atoms with Crippen LogP contribution in [0.3, 0.4) is 0 Å². The van der Waals surface area contributed by atoms with Gasteiger partial charge in [0.15, 0.2) is 0 Å². The summed E-state index contributed by atoms with van der Waals surface area (Å²) < 4.78 is 12.1. The van der Waals surface area contributed by atoms with Crippen molar-refractivity contribution in [1.82, 2.24) is 10.2 Å². The maximum atomic E-state index is 14.3. The molecular formula is C34H41N3O5. The number of amides is 3. The van der Waals surface area contributed by atoms with Gasteiger partial charge in [-0.2, -0.15) is 0 Å². The minimum atomic E-state index is -1.21. The van der Waals surface area contributed by atoms with E-state index >= 15 is 0 Å². The minimum Gasteiger partial charge on any atom is -0.496 e. The molecule has 0 radical (unpaired) electrons. The third-order valence-corrected chi connectivity index (χ3v) is 9.74. The molecule has 3 heterocycles. The zero-order chi connectivity index (χ0) is 29.6. The molecule has 1 spiro atoms. The number of nitrogens with one attached hydrogen (secondary N) is 2. The van der Waals surface area contributed by atoms with Gasteiger partial charge in [-0.25, -0.2) is 0 Å². The Morgan fingerprint density at radius 1 is 1.07 bits per heavy atom. The molecular weight excluding hydrogens is 530 g/mol. The quantitative estimate of drug-likeness (QED) is 0.444. The molecule has 1 aliphatic carbocycles. The number of nitrogens with zero attached hydrogens (tertiary/aromatic N) is 1. The Morgan fingerprint density at radius 2 is 1.81 bits per heavy atom. The highest BCUT2D eigenvalue weighted by Gasteiger charge is 2.72. The fraction of sp³-hybridized carbons (Fsp3) is 0.500. The van der Waals surface area contributed by atoms with Crippen LogP contribution in [0.25, 0.3) is 0 Å². The van der Waals surface area contributed by atoms with Gasteiger partial charge < -0.3 is 25.0 Å². The Kier molecular flexibility index (Phi) is 7.60. The molecule has 3 fully saturated rings. The predicted molar refractivity (Wildman–Crippen MR) is 160 cm³/mol. The second-order valence-electron chi connectivity index (χ2n) is 12.6. The third kappa shape index (κ3) is 4.79. The van der Waals surface area contributed by atoms with Gasteiger partial charge in [-0.3, -0.25) is 14.4 Å². The lowest BCUT2D eigenvalue weighted by Gasteiger charge is -2.36. The van der Waals surface area contributed by atoms with Crippen LogP contribution in [0.5, 0.6) is 5.75 Å². The molecule has 3 aliphatic heterocycles. The molecule has 0 aromatic heterocycles. The number of methoxy groups -OCH3 is 1. The minimum absolute atomic E-state index is 0.0420. The third-order valence-electron chi connectivity index (χ3n) is 9.74. The number of fused-ring (bicyclic) bond motifs is 1. The lowest BCUT2D eigenvalue weighted by molar-refractivity contribution is -0.142. The van der Waals surface area contributed by atoms with Crippen molar-refractivity contribution >= 4 is 23.4 Å². The van der Waals surface area contributed by atoms with E-state index in [1.807, 2.05) is 60.7 Å². The van der Waals surface area contributed by atoms with Crippen LogP contribution in [0.15, 0.2) is 60.7 Å². The summed E-state index contributed by atoms with van der Waals surface area (Å²) in [4.78, 5) is 43.9. The van der Waals surface area contributed by atoms with E-state index in [4.69, 9.17) is 9.47 Å². The molecule has 222 valence electrons. The first kappa shape index (κ1) is 28.5. The summed E-state index contributed by atoms with van der Waals surface area (Å²) in [7, 11) is 1.59. The van der Waals surface area contributed by atoms with Gasteiger partial charge in [-0.05, 0) is 48.4 Å². The van der Waals surface area contributed by atoms with Crippen LogP contribution in [0.2, 0.25) is 0 Å². The molecule has 3 amide bonds. The maximum absolute atomic E-state index is 14.3. The molecule has 42 heavy (non-hydrogen) atoms. The lowest BCUT2D eigenvalue weighted by Crippen LogP contribution is -2.57. The van der Waals surface area contributed by atoms with Crippen molar-refractivity contribution in [2.75, 3.05) is 12.4 Å². The number of hydrogen-bond acceptors (Lipinski definition) is 5. The van der Waals surface area contributed by atoms with Crippen molar-refractivity contribution < 1.29 is 23.9 Å². The number of hydrogen-bond donors (Lipinski definition) is 2. The van der Waals surface area contributed by atoms with Crippen LogP contribution in [-0.4, -0.2) is 53.5 Å². The van der Waals surface area contributed by atoms with E-state index in [1.165, 1.54) is 5.56 Å². The van der Waals surface area contributed by atoms with Crippen molar-refractivity contribution in [3.05, 3.63) is 71.8 Å². The number of likely N-dealkylation sites (tertiary alicyclic amines) is 1. The van der Waals surface area contributed by atoms with Crippen LogP contribution in [0.4, 0.5) is 5.69 Å². The predicted octanol–water partition coefficient (Wildman–Crippen LogP) is 4.80. The van der Waals surface area contributed by atoms with Gasteiger partial charge in [0.2, 0.25) is 17.7 Å². The molecule has 6 rings (SSSR count). The highest BCUT2D eigenvalue weighted by atomic mass is 16.5. The van der Waals surface area contributed by atoms with E-state index in [0.29, 0.717) is 23.3 Å². The monoisotopic (exact) mass is 571 g/mol. The summed E-state index contributed by atoms with van der Waals surface area (Å²) in [5.41, 5.74) is 1.42. The summed E-state index contributed by atoms with van der Waals surface area (Å²) in [6.45, 7) is 6.58. The van der Waals surface area contributed by atoms with E-state index in [2.05, 4.69) is 31.4 Å². The Balaban J connectivity index is 1.32. The molecule has 8 nitrogen and oxygen atoms in total. The molecule has 7 atom stereocenters. The highest BCUT2D eigenvalue weighted by Crippen LogP contribution is 2.55. The largest absolute Gasteiger partial charge is 0.496 e. The van der Waals surface area contributed by atoms with Gasteiger partial charge in [-0.1, -0.05) is 76.1 Å². The number of rotatable bonds is 8. The zero-order valence-electron chi connectivity index (χ0n) is 24.8. The molecule has 2 bridgehead atoms. The Morgan fingerprint density at radius 3 is 2.52 bits per heavy atom. The average Bonchev–Trinajstić information content (AvgIpc) is 3.62. The number of anilines is 1. The highest BCUT2D eigenvalue weighted by molar-refractivity contribution is 6.02. The maximum Gasteiger partial charge on any atom is 0.246 e. The van der Waals surface area contributed by atoms with Crippen LogP contribution in [0.1, 0.15) is 63.5 Å². The van der Waals surface area contributed by atoms with Gasteiger partial charge in [0.1, 0.15) is 17.4 Å². The normalized spacial score (nSPS) is 31.4. The van der Waals surface area contributed by atoms with E-state index in [1.54, 1.807) is 12.0 Å². The Bertz CT molecular complexity index is 1390. The molecule has 2 aromatic carbocycles. The van der Waals surface area contributed by atoms with Crippen LogP contribution in [0, 0.1) is 17.8 Å². The van der Waals surface area contributed by atoms with E-state index in [9.17, 15) is 14.4 Å². The first-order chi connectivity index (χ1) is 20.2. The topological polar surface area (TPSA) is 97.0 Å². The molecule has 2 aromatic rings. The van der Waals surface area contributed by atoms with Crippen molar-refractivity contribution in [2.24, 2.45) is 17.8 Å². The molecule has 4 aliphatic rings. The number of carbonyl (C=O) groups is 3. The van der Waals surface area contributed by atoms with Gasteiger partial charge in [-0.15, -0.1) is 0 Å². The van der Waals surface area contributed by atoms with Gasteiger partial charge >= 0.3 is 0 Å². The fourth-order valence-corrected chi connectivity index (χ4v) is 7.42. The van der Waals surface area contributed by atoms with Crippen molar-refractivity contribution in [3.8, 4) is 5.75 Å².